The second-order valence-electron chi connectivity index (χ2n) is 6.80. The van der Waals surface area contributed by atoms with Crippen molar-refractivity contribution in [1.29, 1.82) is 0 Å². The number of amides is 1. The molecule has 3 aromatic rings. The molecule has 1 aliphatic carbocycles. The van der Waals surface area contributed by atoms with E-state index in [0.29, 0.717) is 11.5 Å². The standard InChI is InChI=1S/C21H18N2O4S/c24-16-8-6-15(7-9-16)21(12-13-21)20(25)23-19-3-1-2-18(22-19)14-4-10-17(11-5-14)28(26)27/h1-11,24,28H,12-13H2,(H,22,23,25). The molecule has 1 aliphatic rings. The van der Waals surface area contributed by atoms with Gasteiger partial charge in [0.05, 0.1) is 16.0 Å². The maximum atomic E-state index is 12.9. The molecule has 0 atom stereocenters. The van der Waals surface area contributed by atoms with E-state index in [1.165, 1.54) is 12.1 Å². The van der Waals surface area contributed by atoms with E-state index in [2.05, 4.69) is 10.3 Å². The Balaban J connectivity index is 1.55. The Hall–Kier alpha value is -3.19. The number of aromatic hydroxyl groups is 1. The van der Waals surface area contributed by atoms with Gasteiger partial charge in [0.15, 0.2) is 10.7 Å². The number of nitrogens with zero attached hydrogens (tertiary/aromatic N) is 1. The van der Waals surface area contributed by atoms with Gasteiger partial charge in [-0.1, -0.05) is 30.3 Å². The van der Waals surface area contributed by atoms with E-state index >= 15 is 0 Å². The first-order valence-electron chi connectivity index (χ1n) is 8.81. The lowest BCUT2D eigenvalue weighted by molar-refractivity contribution is -0.118. The fourth-order valence-electron chi connectivity index (χ4n) is 3.21. The zero-order chi connectivity index (χ0) is 19.7. The lowest BCUT2D eigenvalue weighted by Gasteiger charge is -2.16. The Kier molecular flexibility index (Phi) is 4.60. The number of hydrogen-bond acceptors (Lipinski definition) is 5. The molecule has 0 saturated heterocycles. The quantitative estimate of drug-likeness (QED) is 0.578. The molecule has 1 heterocycles. The van der Waals surface area contributed by atoms with E-state index in [0.717, 1.165) is 24.0 Å². The van der Waals surface area contributed by atoms with E-state index in [4.69, 9.17) is 0 Å². The van der Waals surface area contributed by atoms with Crippen molar-refractivity contribution in [2.75, 3.05) is 5.32 Å². The van der Waals surface area contributed by atoms with Crippen LogP contribution in [0.1, 0.15) is 18.4 Å². The van der Waals surface area contributed by atoms with Gasteiger partial charge in [0.1, 0.15) is 11.6 Å². The van der Waals surface area contributed by atoms with Crippen LogP contribution in [0.15, 0.2) is 71.6 Å². The number of benzene rings is 2. The first kappa shape index (κ1) is 18.2. The van der Waals surface area contributed by atoms with Gasteiger partial charge in [0.2, 0.25) is 5.91 Å². The molecular formula is C21H18N2O4S. The van der Waals surface area contributed by atoms with Gasteiger partial charge in [-0.15, -0.1) is 0 Å². The third-order valence-corrected chi connectivity index (χ3v) is 5.69. The molecule has 2 aromatic carbocycles. The van der Waals surface area contributed by atoms with Crippen LogP contribution in [0.2, 0.25) is 0 Å². The number of hydrogen-bond donors (Lipinski definition) is 3. The van der Waals surface area contributed by atoms with E-state index < -0.39 is 16.1 Å². The minimum Gasteiger partial charge on any atom is -0.508 e. The molecular weight excluding hydrogens is 376 g/mol. The SMILES string of the molecule is O=C(Nc1cccc(-c2ccc([SH](=O)=O)cc2)n1)C1(c2ccc(O)cc2)CC1. The highest BCUT2D eigenvalue weighted by molar-refractivity contribution is 7.72. The summed E-state index contributed by atoms with van der Waals surface area (Å²) >= 11 is 0. The van der Waals surface area contributed by atoms with Gasteiger partial charge in [0, 0.05) is 5.56 Å². The summed E-state index contributed by atoms with van der Waals surface area (Å²) in [7, 11) is -2.62. The van der Waals surface area contributed by atoms with Crippen LogP contribution in [0.4, 0.5) is 5.82 Å². The van der Waals surface area contributed by atoms with Crippen molar-refractivity contribution in [3.8, 4) is 17.0 Å². The lowest BCUT2D eigenvalue weighted by Crippen LogP contribution is -2.28. The van der Waals surface area contributed by atoms with Crippen molar-refractivity contribution in [3.05, 3.63) is 72.3 Å². The molecule has 1 saturated carbocycles. The highest BCUT2D eigenvalue weighted by Gasteiger charge is 2.51. The molecule has 7 heteroatoms. The van der Waals surface area contributed by atoms with Crippen LogP contribution < -0.4 is 5.32 Å². The van der Waals surface area contributed by atoms with E-state index in [1.54, 1.807) is 54.6 Å². The topological polar surface area (TPSA) is 96.4 Å². The highest BCUT2D eigenvalue weighted by atomic mass is 32.2. The predicted molar refractivity (Wildman–Crippen MR) is 106 cm³/mol. The zero-order valence-corrected chi connectivity index (χ0v) is 15.7. The summed E-state index contributed by atoms with van der Waals surface area (Å²) in [5.41, 5.74) is 1.70. The molecule has 6 nitrogen and oxygen atoms in total. The minimum atomic E-state index is -2.62. The van der Waals surface area contributed by atoms with Gasteiger partial charge >= 0.3 is 0 Å². The third kappa shape index (κ3) is 3.48. The zero-order valence-electron chi connectivity index (χ0n) is 14.8. The van der Waals surface area contributed by atoms with Crippen LogP contribution in [0, 0.1) is 0 Å². The van der Waals surface area contributed by atoms with Crippen LogP contribution in [-0.2, 0) is 20.9 Å². The van der Waals surface area contributed by atoms with Crippen molar-refractivity contribution in [2.24, 2.45) is 0 Å². The maximum Gasteiger partial charge on any atom is 0.236 e. The second kappa shape index (κ2) is 7.09. The van der Waals surface area contributed by atoms with Gasteiger partial charge in [-0.3, -0.25) is 4.79 Å². The highest BCUT2D eigenvalue weighted by Crippen LogP contribution is 2.49. The molecule has 1 aromatic heterocycles. The number of carbonyl (C=O) groups is 1. The summed E-state index contributed by atoms with van der Waals surface area (Å²) < 4.78 is 22.0. The first-order chi connectivity index (χ1) is 13.5. The molecule has 4 rings (SSSR count). The molecule has 2 N–H and O–H groups in total. The molecule has 0 radical (unpaired) electrons. The lowest BCUT2D eigenvalue weighted by atomic mass is 9.95. The van der Waals surface area contributed by atoms with Crippen molar-refractivity contribution in [2.45, 2.75) is 23.2 Å². The molecule has 1 amide bonds. The van der Waals surface area contributed by atoms with Crippen molar-refractivity contribution in [3.63, 3.8) is 0 Å². The average molecular weight is 394 g/mol. The summed E-state index contributed by atoms with van der Waals surface area (Å²) in [5, 5.41) is 12.3. The summed E-state index contributed by atoms with van der Waals surface area (Å²) in [5.74, 6) is 0.481. The average Bonchev–Trinajstić information content (AvgIpc) is 3.51. The molecule has 0 bridgehead atoms. The number of nitrogens with one attached hydrogen (secondary N) is 1. The number of carbonyl (C=O) groups excluding carboxylic acids is 1. The fraction of sp³-hybridized carbons (Fsp3) is 0.143. The normalized spacial score (nSPS) is 14.6. The largest absolute Gasteiger partial charge is 0.508 e. The number of anilines is 1. The minimum absolute atomic E-state index is 0.124. The van der Waals surface area contributed by atoms with E-state index in [9.17, 15) is 18.3 Å². The Bertz CT molecular complexity index is 1090. The van der Waals surface area contributed by atoms with Crippen LogP contribution >= 0.6 is 0 Å². The Morgan fingerprint density at radius 1 is 0.964 bits per heavy atom. The second-order valence-corrected chi connectivity index (χ2v) is 7.83. The number of aromatic nitrogens is 1. The first-order valence-corrected chi connectivity index (χ1v) is 9.99. The van der Waals surface area contributed by atoms with Crippen molar-refractivity contribution >= 4 is 22.4 Å². The summed E-state index contributed by atoms with van der Waals surface area (Å²) in [6, 6.07) is 18.5. The van der Waals surface area contributed by atoms with Crippen molar-refractivity contribution in [1.82, 2.24) is 4.98 Å². The smallest absolute Gasteiger partial charge is 0.236 e. The van der Waals surface area contributed by atoms with Crippen molar-refractivity contribution < 1.29 is 18.3 Å². The Morgan fingerprint density at radius 3 is 2.25 bits per heavy atom. The predicted octanol–water partition coefficient (Wildman–Crippen LogP) is 3.09. The van der Waals surface area contributed by atoms with E-state index in [-0.39, 0.29) is 16.6 Å². The maximum absolute atomic E-state index is 12.9. The fourth-order valence-corrected chi connectivity index (χ4v) is 3.60. The number of pyridine rings is 1. The molecule has 142 valence electrons. The van der Waals surface area contributed by atoms with Crippen LogP contribution in [-0.4, -0.2) is 24.4 Å². The third-order valence-electron chi connectivity index (χ3n) is 4.97. The number of thiol groups is 1. The number of rotatable bonds is 5. The molecule has 0 spiro atoms. The molecule has 0 aliphatic heterocycles. The summed E-state index contributed by atoms with van der Waals surface area (Å²) in [4.78, 5) is 17.6. The van der Waals surface area contributed by atoms with E-state index in [1.807, 2.05) is 0 Å². The van der Waals surface area contributed by atoms with Gasteiger partial charge < -0.3 is 10.4 Å². The van der Waals surface area contributed by atoms with Gasteiger partial charge in [-0.2, -0.15) is 0 Å². The van der Waals surface area contributed by atoms with Crippen LogP contribution in [0.3, 0.4) is 0 Å². The van der Waals surface area contributed by atoms with Crippen LogP contribution in [0.25, 0.3) is 11.3 Å². The molecule has 1 fully saturated rings. The van der Waals surface area contributed by atoms with Gasteiger partial charge in [0.25, 0.3) is 0 Å². The molecule has 0 unspecified atom stereocenters. The summed E-state index contributed by atoms with van der Waals surface area (Å²) in [6.45, 7) is 0. The number of phenolic OH excluding ortho intramolecular Hbond substituents is 1. The monoisotopic (exact) mass is 394 g/mol. The Labute approximate surface area is 163 Å². The summed E-state index contributed by atoms with van der Waals surface area (Å²) in [6.07, 6.45) is 1.50. The van der Waals surface area contributed by atoms with Gasteiger partial charge in [-0.25, -0.2) is 13.4 Å². The van der Waals surface area contributed by atoms with Gasteiger partial charge in [-0.05, 0) is 54.8 Å². The number of phenols is 1. The Morgan fingerprint density at radius 2 is 1.64 bits per heavy atom. The van der Waals surface area contributed by atoms with Crippen LogP contribution in [0.5, 0.6) is 5.75 Å². The molecule has 28 heavy (non-hydrogen) atoms.